The summed E-state index contributed by atoms with van der Waals surface area (Å²) in [5.41, 5.74) is 26.3. The van der Waals surface area contributed by atoms with Gasteiger partial charge in [-0.05, 0) is 174 Å². The van der Waals surface area contributed by atoms with Gasteiger partial charge in [0.2, 0.25) is 0 Å². The largest absolute Gasteiger partial charge is 0.453 e. The molecule has 0 unspecified atom stereocenters. The molecular weight excluding hydrogens is 1300 g/mol. The highest BCUT2D eigenvalue weighted by atomic mass is 16.3. The zero-order chi connectivity index (χ0) is 77.2. The first-order chi connectivity index (χ1) is 53.7. The zero-order valence-corrected chi connectivity index (χ0v) is 62.4. The lowest BCUT2D eigenvalue weighted by atomic mass is 9.33. The second-order valence-electron chi connectivity index (χ2n) is 33.7. The highest BCUT2D eigenvalue weighted by Gasteiger charge is 2.46. The van der Waals surface area contributed by atoms with Gasteiger partial charge in [-0.2, -0.15) is 0 Å². The van der Waals surface area contributed by atoms with Crippen molar-refractivity contribution in [1.29, 1.82) is 0 Å². The summed E-state index contributed by atoms with van der Waals surface area (Å²) < 4.78 is 66.5. The van der Waals surface area contributed by atoms with Crippen LogP contribution in [0.5, 0.6) is 0 Å². The molecule has 0 spiro atoms. The average molecular weight is 1390 g/mol. The van der Waals surface area contributed by atoms with E-state index in [2.05, 4.69) is 345 Å². The molecule has 518 valence electrons. The molecule has 0 atom stereocenters. The van der Waals surface area contributed by atoms with Crippen molar-refractivity contribution in [2.75, 3.05) is 9.80 Å². The minimum absolute atomic E-state index is 0.114. The average Bonchev–Trinajstić information content (AvgIpc) is 0.926. The van der Waals surface area contributed by atoms with E-state index < -0.39 is 24.8 Å². The molecular formula is C100H83BN4O2. The van der Waals surface area contributed by atoms with E-state index in [-0.39, 0.29) is 39.3 Å². The molecule has 6 heterocycles. The fourth-order valence-electron chi connectivity index (χ4n) is 17.4. The lowest BCUT2D eigenvalue weighted by molar-refractivity contribution is 0.590. The smallest absolute Gasteiger partial charge is 0.252 e. The summed E-state index contributed by atoms with van der Waals surface area (Å²) >= 11 is 0. The summed E-state index contributed by atoms with van der Waals surface area (Å²) in [6.45, 7) is 27.0. The number of fused-ring (bicyclic) bond motifs is 16. The second kappa shape index (κ2) is 23.2. The molecule has 14 aromatic carbocycles. The minimum Gasteiger partial charge on any atom is -0.453 e. The molecule has 18 aromatic rings. The van der Waals surface area contributed by atoms with Crippen molar-refractivity contribution < 1.29 is 15.7 Å². The lowest BCUT2D eigenvalue weighted by Crippen LogP contribution is -2.61. The third-order valence-electron chi connectivity index (χ3n) is 23.0. The van der Waals surface area contributed by atoms with Crippen molar-refractivity contribution in [2.45, 2.75) is 105 Å². The Kier molecular flexibility index (Phi) is 12.9. The molecule has 6 nitrogen and oxygen atoms in total. The highest BCUT2D eigenvalue weighted by Crippen LogP contribution is 2.53. The molecule has 0 radical (unpaired) electrons. The van der Waals surface area contributed by atoms with Crippen LogP contribution in [-0.2, 0) is 21.7 Å². The van der Waals surface area contributed by atoms with Gasteiger partial charge in [-0.15, -0.1) is 0 Å². The first-order valence-corrected chi connectivity index (χ1v) is 37.5. The topological polar surface area (TPSA) is 42.6 Å². The molecule has 0 fully saturated rings. The van der Waals surface area contributed by atoms with Gasteiger partial charge in [-0.1, -0.05) is 277 Å². The molecule has 0 saturated carbocycles. The van der Waals surface area contributed by atoms with Crippen LogP contribution in [0.4, 0.5) is 34.1 Å². The van der Waals surface area contributed by atoms with Crippen LogP contribution in [0.1, 0.15) is 112 Å². The van der Waals surface area contributed by atoms with Crippen molar-refractivity contribution >= 4 is 145 Å². The molecule has 0 aliphatic carbocycles. The Balaban J connectivity index is 0.962. The van der Waals surface area contributed by atoms with Crippen LogP contribution in [0.3, 0.4) is 0 Å². The fourth-order valence-corrected chi connectivity index (χ4v) is 17.4. The van der Waals surface area contributed by atoms with Crippen LogP contribution >= 0.6 is 0 Å². The summed E-state index contributed by atoms with van der Waals surface area (Å²) in [6.07, 6.45) is 0. The van der Waals surface area contributed by atoms with E-state index in [0.29, 0.717) is 11.1 Å². The van der Waals surface area contributed by atoms with Crippen LogP contribution in [0, 0.1) is 0 Å². The number of hydrogen-bond acceptors (Lipinski definition) is 4. The van der Waals surface area contributed by atoms with Gasteiger partial charge in [0.25, 0.3) is 6.71 Å². The molecule has 0 bridgehead atoms. The van der Waals surface area contributed by atoms with Gasteiger partial charge in [-0.25, -0.2) is 0 Å². The van der Waals surface area contributed by atoms with Gasteiger partial charge in [0.05, 0.1) is 46.0 Å². The number of anilines is 6. The predicted octanol–water partition coefficient (Wildman–Crippen LogP) is 26.0. The van der Waals surface area contributed by atoms with Crippen LogP contribution in [0.2, 0.25) is 0 Å². The SMILES string of the molecule is [2H]c1c([2H])c([2H])c(-c2ccc3c(c2)N(c2cccc4c2oc2c(-c5ccccc5)cccc24)c2cc(-n4c5ccc(C(C)(C)C)cc5c5cc(C(C)(C)C)ccc54)cc4c2B3c2ccc(-n3c5ccc(C(C)(C)C)cc5c5cc(C(C)(C)C)ccc53)cc2N4c2cccc3c2oc2c(-c4ccccc4)cccc23)c([2H])c1[2H]. The van der Waals surface area contributed by atoms with E-state index in [1.807, 2.05) is 12.1 Å². The Hall–Kier alpha value is -12.1. The Bertz CT molecular complexity index is 6910. The van der Waals surface area contributed by atoms with Crippen LogP contribution in [0.25, 0.3) is 132 Å². The first kappa shape index (κ1) is 59.2. The van der Waals surface area contributed by atoms with Gasteiger partial charge < -0.3 is 27.8 Å². The molecule has 4 aromatic heterocycles. The van der Waals surface area contributed by atoms with E-state index in [0.717, 1.165) is 155 Å². The molecule has 2 aliphatic heterocycles. The standard InChI is InChI=1S/C100H83BN4O2/c1-97(2,3)64-41-48-82-76(53-64)77-54-65(98(4,5)6)42-49-83(77)102(82)68-45-47-81-89(57-68)105(87-39-25-37-75-73-35-23-33-71(94(73)107-96(75)87)62-30-20-15-21-31-62)91-59-69(103-84-50-43-66(99(7,8)9)55-78(84)79-56-67(100(10,11)12)44-51-85(79)103)58-90-92(91)101(81)80-46-40-63(60-26-16-13-17-27-60)52-88(80)104(90)86-38-24-36-74-72-34-22-32-70(93(72)106-95(74)86)61-28-18-14-19-29-61/h13-59H,1-12H3/i13D,16D,17D,26D,27D. The van der Waals surface area contributed by atoms with Crippen molar-refractivity contribution in [2.24, 2.45) is 0 Å². The molecule has 20 rings (SSSR count). The lowest BCUT2D eigenvalue weighted by Gasteiger charge is -2.44. The summed E-state index contributed by atoms with van der Waals surface area (Å²) in [7, 11) is 0. The summed E-state index contributed by atoms with van der Waals surface area (Å²) in [5, 5.41) is 8.54. The van der Waals surface area contributed by atoms with Gasteiger partial charge in [0.15, 0.2) is 11.2 Å². The second-order valence-corrected chi connectivity index (χ2v) is 33.7. The van der Waals surface area contributed by atoms with E-state index in [9.17, 15) is 2.74 Å². The molecule has 2 aliphatic rings. The molecule has 0 saturated heterocycles. The first-order valence-electron chi connectivity index (χ1n) is 40.0. The van der Waals surface area contributed by atoms with Gasteiger partial charge >= 0.3 is 0 Å². The predicted molar refractivity (Wildman–Crippen MR) is 455 cm³/mol. The molecule has 0 amide bonds. The molecule has 7 heteroatoms. The van der Waals surface area contributed by atoms with E-state index >= 15 is 0 Å². The van der Waals surface area contributed by atoms with Crippen LogP contribution < -0.4 is 26.2 Å². The summed E-state index contributed by atoms with van der Waals surface area (Å²) in [5.74, 6) is 0. The summed E-state index contributed by atoms with van der Waals surface area (Å²) in [6, 6.07) is 91.2. The van der Waals surface area contributed by atoms with Crippen molar-refractivity contribution in [3.05, 3.63) is 307 Å². The van der Waals surface area contributed by atoms with Gasteiger partial charge in [0.1, 0.15) is 11.2 Å². The fraction of sp³-hybridized carbons (Fsp3) is 0.160. The Labute approximate surface area is 632 Å². The summed E-state index contributed by atoms with van der Waals surface area (Å²) in [4.78, 5) is 4.85. The number of para-hydroxylation sites is 4. The molecule has 0 N–H and O–H groups in total. The quantitative estimate of drug-likeness (QED) is 0.149. The van der Waals surface area contributed by atoms with Crippen molar-refractivity contribution in [3.8, 4) is 44.8 Å². The van der Waals surface area contributed by atoms with Crippen LogP contribution in [-0.4, -0.2) is 15.8 Å². The third kappa shape index (κ3) is 9.99. The maximum absolute atomic E-state index is 9.64. The Morgan fingerprint density at radius 2 is 0.654 bits per heavy atom. The highest BCUT2D eigenvalue weighted by molar-refractivity contribution is 7.00. The minimum atomic E-state index is -0.484. The number of nitrogens with zero attached hydrogens (tertiary/aromatic N) is 4. The maximum atomic E-state index is 9.64. The van der Waals surface area contributed by atoms with Crippen LogP contribution in [0.15, 0.2) is 294 Å². The Morgan fingerprint density at radius 3 is 1.07 bits per heavy atom. The van der Waals surface area contributed by atoms with Crippen molar-refractivity contribution in [3.63, 3.8) is 0 Å². The monoisotopic (exact) mass is 1390 g/mol. The van der Waals surface area contributed by atoms with E-state index in [4.69, 9.17) is 12.9 Å². The number of aromatic nitrogens is 2. The van der Waals surface area contributed by atoms with E-state index in [1.165, 1.54) is 33.0 Å². The zero-order valence-electron chi connectivity index (χ0n) is 67.4. The normalized spacial score (nSPS) is 14.0. The Morgan fingerprint density at radius 1 is 0.280 bits per heavy atom. The van der Waals surface area contributed by atoms with E-state index in [1.54, 1.807) is 0 Å². The number of hydrogen-bond donors (Lipinski definition) is 0. The third-order valence-corrected chi connectivity index (χ3v) is 23.0. The maximum Gasteiger partial charge on any atom is 0.252 e. The van der Waals surface area contributed by atoms with Crippen molar-refractivity contribution in [1.82, 2.24) is 9.13 Å². The number of rotatable bonds is 7. The van der Waals surface area contributed by atoms with Gasteiger partial charge in [-0.3, -0.25) is 0 Å². The van der Waals surface area contributed by atoms with Gasteiger partial charge in [0, 0.05) is 82.7 Å². The molecule has 107 heavy (non-hydrogen) atoms. The number of furan rings is 2. The number of benzene rings is 14.